The number of hydrogen-bond donors (Lipinski definition) is 1. The van der Waals surface area contributed by atoms with Gasteiger partial charge in [0.2, 0.25) is 0 Å². The lowest BCUT2D eigenvalue weighted by molar-refractivity contribution is -0.160. The van der Waals surface area contributed by atoms with Crippen molar-refractivity contribution in [1.82, 2.24) is 9.88 Å². The Labute approximate surface area is 152 Å². The van der Waals surface area contributed by atoms with Crippen LogP contribution in [0.25, 0.3) is 21.0 Å². The van der Waals surface area contributed by atoms with Crippen molar-refractivity contribution in [3.8, 4) is 10.8 Å². The second-order valence-corrected chi connectivity index (χ2v) is 7.17. The molecule has 3 heterocycles. The number of carboxylic acids is 1. The first-order chi connectivity index (χ1) is 12.5. The Kier molecular flexibility index (Phi) is 4.21. The van der Waals surface area contributed by atoms with Gasteiger partial charge in [-0.15, -0.1) is 11.3 Å². The smallest absolute Gasteiger partial charge is 0.334 e. The summed E-state index contributed by atoms with van der Waals surface area (Å²) >= 11 is 1.49. The molecule has 26 heavy (non-hydrogen) atoms. The molecule has 1 aliphatic heterocycles. The number of carboxylic acid groups (broad SMARTS) is 1. The van der Waals surface area contributed by atoms with E-state index in [1.54, 1.807) is 19.1 Å². The largest absolute Gasteiger partial charge is 0.479 e. The molecule has 2 aromatic heterocycles. The number of furan rings is 1. The molecule has 0 spiro atoms. The molecular weight excluding hydrogens is 356 g/mol. The normalized spacial score (nSPS) is 20.4. The Morgan fingerprint density at radius 3 is 2.81 bits per heavy atom. The molecule has 1 N–H and O–H groups in total. The van der Waals surface area contributed by atoms with Gasteiger partial charge in [0, 0.05) is 6.54 Å². The lowest BCUT2D eigenvalue weighted by Crippen LogP contribution is -2.51. The third-order valence-electron chi connectivity index (χ3n) is 4.14. The minimum atomic E-state index is -1.08. The number of carbonyl (C=O) groups excluding carboxylic acids is 1. The average molecular weight is 372 g/mol. The van der Waals surface area contributed by atoms with Gasteiger partial charge in [0.05, 0.1) is 22.9 Å². The number of fused-ring (bicyclic) bond motifs is 1. The number of morpholine rings is 1. The van der Waals surface area contributed by atoms with E-state index in [4.69, 9.17) is 14.3 Å². The molecule has 2 atom stereocenters. The Bertz CT molecular complexity index is 946. The van der Waals surface area contributed by atoms with Gasteiger partial charge in [-0.05, 0) is 31.2 Å². The van der Waals surface area contributed by atoms with Crippen LogP contribution in [0.15, 0.2) is 40.8 Å². The van der Waals surface area contributed by atoms with E-state index in [9.17, 15) is 9.59 Å². The topological polar surface area (TPSA) is 92.9 Å². The zero-order chi connectivity index (χ0) is 18.3. The fraction of sp³-hybridized carbons (Fsp3) is 0.278. The van der Waals surface area contributed by atoms with Gasteiger partial charge < -0.3 is 19.2 Å². The second kappa shape index (κ2) is 6.54. The summed E-state index contributed by atoms with van der Waals surface area (Å²) in [5.41, 5.74) is 0.878. The zero-order valence-corrected chi connectivity index (χ0v) is 14.7. The monoisotopic (exact) mass is 372 g/mol. The summed E-state index contributed by atoms with van der Waals surface area (Å²) in [5, 5.41) is 9.85. The third kappa shape index (κ3) is 3.09. The SMILES string of the molecule is C[C@@H]1CN(C(=O)c2ccc(-c3nc4ccccc4s3)o2)CC(C(=O)O)O1. The molecule has 134 valence electrons. The van der Waals surface area contributed by atoms with E-state index in [0.717, 1.165) is 10.2 Å². The van der Waals surface area contributed by atoms with Crippen LogP contribution < -0.4 is 0 Å². The molecule has 0 bridgehead atoms. The van der Waals surface area contributed by atoms with Crippen molar-refractivity contribution < 1.29 is 23.8 Å². The number of rotatable bonds is 3. The van der Waals surface area contributed by atoms with Crippen LogP contribution in [0.5, 0.6) is 0 Å². The van der Waals surface area contributed by atoms with E-state index in [-0.39, 0.29) is 24.3 Å². The third-order valence-corrected chi connectivity index (χ3v) is 5.20. The van der Waals surface area contributed by atoms with Crippen LogP contribution in [0, 0.1) is 0 Å². The van der Waals surface area contributed by atoms with Gasteiger partial charge in [-0.3, -0.25) is 4.79 Å². The molecule has 1 aromatic carbocycles. The van der Waals surface area contributed by atoms with Gasteiger partial charge in [0.25, 0.3) is 5.91 Å². The van der Waals surface area contributed by atoms with Gasteiger partial charge in [-0.25, -0.2) is 9.78 Å². The first-order valence-corrected chi connectivity index (χ1v) is 8.96. The first-order valence-electron chi connectivity index (χ1n) is 8.14. The Morgan fingerprint density at radius 1 is 1.23 bits per heavy atom. The number of aliphatic carboxylic acids is 1. The number of amides is 1. The summed E-state index contributed by atoms with van der Waals surface area (Å²) in [5.74, 6) is -0.745. The molecule has 1 unspecified atom stereocenters. The highest BCUT2D eigenvalue weighted by molar-refractivity contribution is 7.21. The number of hydrogen-bond acceptors (Lipinski definition) is 6. The summed E-state index contributed by atoms with van der Waals surface area (Å²) in [6.07, 6.45) is -1.38. The molecule has 0 aliphatic carbocycles. The van der Waals surface area contributed by atoms with Crippen molar-refractivity contribution in [2.24, 2.45) is 0 Å². The highest BCUT2D eigenvalue weighted by Crippen LogP contribution is 2.31. The maximum absolute atomic E-state index is 12.7. The molecule has 0 saturated carbocycles. The number of ether oxygens (including phenoxy) is 1. The van der Waals surface area contributed by atoms with Crippen LogP contribution in [0.4, 0.5) is 0 Å². The first kappa shape index (κ1) is 16.7. The minimum absolute atomic E-state index is 0.00429. The maximum Gasteiger partial charge on any atom is 0.334 e. The quantitative estimate of drug-likeness (QED) is 0.760. The molecule has 1 fully saturated rings. The number of thiazole rings is 1. The zero-order valence-electron chi connectivity index (χ0n) is 13.9. The van der Waals surface area contributed by atoms with Crippen molar-refractivity contribution in [3.63, 3.8) is 0 Å². The molecule has 7 nitrogen and oxygen atoms in total. The summed E-state index contributed by atoms with van der Waals surface area (Å²) in [6.45, 7) is 2.06. The van der Waals surface area contributed by atoms with E-state index in [1.807, 2.05) is 24.3 Å². The van der Waals surface area contributed by atoms with Crippen LogP contribution in [0.2, 0.25) is 0 Å². The highest BCUT2D eigenvalue weighted by Gasteiger charge is 2.34. The average Bonchev–Trinajstić information content (AvgIpc) is 3.27. The lowest BCUT2D eigenvalue weighted by atomic mass is 10.2. The lowest BCUT2D eigenvalue weighted by Gasteiger charge is -2.34. The van der Waals surface area contributed by atoms with E-state index in [0.29, 0.717) is 17.3 Å². The molecule has 1 saturated heterocycles. The number of para-hydroxylation sites is 1. The summed E-state index contributed by atoms with van der Waals surface area (Å²) in [7, 11) is 0. The van der Waals surface area contributed by atoms with Crippen molar-refractivity contribution in [1.29, 1.82) is 0 Å². The Balaban J connectivity index is 1.57. The van der Waals surface area contributed by atoms with Crippen molar-refractivity contribution >= 4 is 33.4 Å². The van der Waals surface area contributed by atoms with E-state index in [2.05, 4.69) is 4.98 Å². The van der Waals surface area contributed by atoms with Crippen LogP contribution in [0.3, 0.4) is 0 Å². The van der Waals surface area contributed by atoms with Gasteiger partial charge in [-0.2, -0.15) is 0 Å². The van der Waals surface area contributed by atoms with Crippen LogP contribution in [-0.2, 0) is 9.53 Å². The molecular formula is C18H16N2O5S. The van der Waals surface area contributed by atoms with Gasteiger partial charge in [-0.1, -0.05) is 12.1 Å². The molecule has 3 aromatic rings. The van der Waals surface area contributed by atoms with Crippen LogP contribution >= 0.6 is 11.3 Å². The molecule has 4 rings (SSSR count). The molecule has 1 aliphatic rings. The van der Waals surface area contributed by atoms with Crippen LogP contribution in [0.1, 0.15) is 17.5 Å². The van der Waals surface area contributed by atoms with E-state index < -0.39 is 12.1 Å². The number of aromatic nitrogens is 1. The van der Waals surface area contributed by atoms with Crippen molar-refractivity contribution in [2.75, 3.05) is 13.1 Å². The van der Waals surface area contributed by atoms with E-state index in [1.165, 1.54) is 16.2 Å². The maximum atomic E-state index is 12.7. The highest BCUT2D eigenvalue weighted by atomic mass is 32.1. The van der Waals surface area contributed by atoms with Gasteiger partial charge >= 0.3 is 5.97 Å². The van der Waals surface area contributed by atoms with Gasteiger partial charge in [0.1, 0.15) is 0 Å². The number of carbonyl (C=O) groups is 2. The summed E-state index contributed by atoms with van der Waals surface area (Å²) in [4.78, 5) is 29.9. The Hall–Kier alpha value is -2.71. The Morgan fingerprint density at radius 2 is 2.04 bits per heavy atom. The summed E-state index contributed by atoms with van der Waals surface area (Å²) < 4.78 is 12.1. The molecule has 0 radical (unpaired) electrons. The fourth-order valence-electron chi connectivity index (χ4n) is 2.95. The summed E-state index contributed by atoms with van der Waals surface area (Å²) in [6, 6.07) is 11.1. The predicted octanol–water partition coefficient (Wildman–Crippen LogP) is 2.87. The molecule has 8 heteroatoms. The van der Waals surface area contributed by atoms with Crippen molar-refractivity contribution in [3.05, 3.63) is 42.2 Å². The standard InChI is InChI=1S/C18H16N2O5S/c1-10-8-20(9-14(24-10)18(22)23)17(21)13-7-6-12(25-13)16-19-11-4-2-3-5-15(11)26-16/h2-7,10,14H,8-9H2,1H3,(H,22,23)/t10-,14?/m1/s1. The molecule has 1 amide bonds. The minimum Gasteiger partial charge on any atom is -0.479 e. The fourth-order valence-corrected chi connectivity index (χ4v) is 3.88. The van der Waals surface area contributed by atoms with Gasteiger partial charge in [0.15, 0.2) is 22.6 Å². The second-order valence-electron chi connectivity index (χ2n) is 6.13. The number of nitrogens with zero attached hydrogens (tertiary/aromatic N) is 2. The van der Waals surface area contributed by atoms with Crippen molar-refractivity contribution in [2.45, 2.75) is 19.1 Å². The van der Waals surface area contributed by atoms with E-state index >= 15 is 0 Å². The predicted molar refractivity (Wildman–Crippen MR) is 95.2 cm³/mol. The number of benzene rings is 1. The van der Waals surface area contributed by atoms with Crippen LogP contribution in [-0.4, -0.2) is 52.2 Å².